The fraction of sp³-hybridized carbons (Fsp3) is 0.250. The lowest BCUT2D eigenvalue weighted by atomic mass is 9.95. The molecule has 0 aliphatic carbocycles. The van der Waals surface area contributed by atoms with Crippen molar-refractivity contribution < 1.29 is 19.1 Å². The lowest BCUT2D eigenvalue weighted by Crippen LogP contribution is -2.44. The number of aliphatic hydroxyl groups is 1. The maximum Gasteiger partial charge on any atom is 0.300 e. The minimum absolute atomic E-state index is 0.0413. The number of aromatic nitrogens is 1. The molecule has 1 atom stereocenters. The van der Waals surface area contributed by atoms with Crippen LogP contribution in [0.15, 0.2) is 72.6 Å². The third kappa shape index (κ3) is 4.24. The summed E-state index contributed by atoms with van der Waals surface area (Å²) in [5.74, 6) is -2.28. The Labute approximate surface area is 209 Å². The Hall–Kier alpha value is -4.04. The standard InChI is InChI=1S/C28H27FN4O3/c1-18-17-20(3-8-23(18)29)26(34)24-25(19-9-11-30-12-10-19)33(28(36)27(24)35)22-6-4-21(5-7-22)32-15-13-31(2)14-16-32/h3-12,17,25,34H,13-16H2,1-2H3/b26-24-. The van der Waals surface area contributed by atoms with Crippen LogP contribution in [-0.2, 0) is 9.59 Å². The summed E-state index contributed by atoms with van der Waals surface area (Å²) in [6.07, 6.45) is 3.15. The van der Waals surface area contributed by atoms with E-state index in [1.807, 2.05) is 24.3 Å². The number of carbonyl (C=O) groups is 2. The van der Waals surface area contributed by atoms with E-state index in [4.69, 9.17) is 0 Å². The first-order chi connectivity index (χ1) is 17.3. The maximum absolute atomic E-state index is 13.8. The van der Waals surface area contributed by atoms with Crippen LogP contribution in [-0.4, -0.2) is 59.9 Å². The molecule has 8 heteroatoms. The summed E-state index contributed by atoms with van der Waals surface area (Å²) >= 11 is 0. The van der Waals surface area contributed by atoms with Gasteiger partial charge in [0, 0.05) is 55.5 Å². The Bertz CT molecular complexity index is 1330. The first-order valence-corrected chi connectivity index (χ1v) is 11.9. The van der Waals surface area contributed by atoms with Crippen molar-refractivity contribution in [3.8, 4) is 0 Å². The zero-order chi connectivity index (χ0) is 25.4. The predicted octanol–water partition coefficient (Wildman–Crippen LogP) is 3.91. The van der Waals surface area contributed by atoms with E-state index in [9.17, 15) is 19.1 Å². The van der Waals surface area contributed by atoms with Gasteiger partial charge in [-0.3, -0.25) is 19.5 Å². The lowest BCUT2D eigenvalue weighted by Gasteiger charge is -2.34. The molecule has 0 bridgehead atoms. The van der Waals surface area contributed by atoms with Gasteiger partial charge >= 0.3 is 0 Å². The SMILES string of the molecule is Cc1cc(/C(O)=C2/C(=O)C(=O)N(c3ccc(N4CCN(C)CC4)cc3)C2c2ccncc2)ccc1F. The van der Waals surface area contributed by atoms with Gasteiger partial charge in [-0.15, -0.1) is 0 Å². The fourth-order valence-corrected chi connectivity index (χ4v) is 4.80. The van der Waals surface area contributed by atoms with Crippen molar-refractivity contribution in [2.75, 3.05) is 43.0 Å². The zero-order valence-electron chi connectivity index (χ0n) is 20.2. The van der Waals surface area contributed by atoms with E-state index in [2.05, 4.69) is 21.8 Å². The van der Waals surface area contributed by atoms with Crippen molar-refractivity contribution in [2.45, 2.75) is 13.0 Å². The summed E-state index contributed by atoms with van der Waals surface area (Å²) in [7, 11) is 2.10. The first-order valence-electron chi connectivity index (χ1n) is 11.9. The molecule has 2 fully saturated rings. The molecule has 0 saturated carbocycles. The number of piperazine rings is 1. The van der Waals surface area contributed by atoms with E-state index in [1.54, 1.807) is 31.5 Å². The summed E-state index contributed by atoms with van der Waals surface area (Å²) in [5, 5.41) is 11.2. The molecule has 0 spiro atoms. The van der Waals surface area contributed by atoms with Crippen LogP contribution in [0.25, 0.3) is 5.76 Å². The van der Waals surface area contributed by atoms with Gasteiger partial charge in [0.2, 0.25) is 0 Å². The fourth-order valence-electron chi connectivity index (χ4n) is 4.80. The number of rotatable bonds is 4. The smallest absolute Gasteiger partial charge is 0.300 e. The average Bonchev–Trinajstić information content (AvgIpc) is 3.16. The van der Waals surface area contributed by atoms with Crippen molar-refractivity contribution in [3.05, 3.63) is 95.1 Å². The summed E-state index contributed by atoms with van der Waals surface area (Å²) in [5.41, 5.74) is 2.79. The highest BCUT2D eigenvalue weighted by Crippen LogP contribution is 2.42. The molecule has 5 rings (SSSR count). The molecule has 3 aromatic rings. The summed E-state index contributed by atoms with van der Waals surface area (Å²) in [6.45, 7) is 5.35. The number of nitrogens with zero attached hydrogens (tertiary/aromatic N) is 4. The van der Waals surface area contributed by atoms with Crippen LogP contribution in [0.2, 0.25) is 0 Å². The number of ketones is 1. The van der Waals surface area contributed by atoms with Gasteiger partial charge in [-0.2, -0.15) is 0 Å². The zero-order valence-corrected chi connectivity index (χ0v) is 20.2. The molecule has 1 unspecified atom stereocenters. The summed E-state index contributed by atoms with van der Waals surface area (Å²) in [6, 6.07) is 14.2. The quantitative estimate of drug-likeness (QED) is 0.342. The Morgan fingerprint density at radius 3 is 2.22 bits per heavy atom. The van der Waals surface area contributed by atoms with E-state index in [-0.39, 0.29) is 16.9 Å². The van der Waals surface area contributed by atoms with Crippen molar-refractivity contribution in [1.82, 2.24) is 9.88 Å². The van der Waals surface area contributed by atoms with Gasteiger partial charge in [-0.25, -0.2) is 4.39 Å². The normalized spacial score (nSPS) is 20.2. The Morgan fingerprint density at radius 1 is 0.944 bits per heavy atom. The van der Waals surface area contributed by atoms with E-state index in [1.165, 1.54) is 23.1 Å². The molecule has 1 N–H and O–H groups in total. The van der Waals surface area contributed by atoms with Crippen LogP contribution in [0.4, 0.5) is 15.8 Å². The number of anilines is 2. The van der Waals surface area contributed by atoms with Crippen molar-refractivity contribution in [3.63, 3.8) is 0 Å². The molecule has 2 aliphatic rings. The van der Waals surface area contributed by atoms with Gasteiger partial charge in [0.25, 0.3) is 11.7 Å². The summed E-state index contributed by atoms with van der Waals surface area (Å²) in [4.78, 5) is 36.6. The second kappa shape index (κ2) is 9.54. The van der Waals surface area contributed by atoms with E-state index in [0.29, 0.717) is 16.8 Å². The third-order valence-corrected chi connectivity index (χ3v) is 6.89. The number of likely N-dealkylation sites (N-methyl/N-ethyl adjacent to an activating group) is 1. The first kappa shape index (κ1) is 23.7. The van der Waals surface area contributed by atoms with E-state index >= 15 is 0 Å². The van der Waals surface area contributed by atoms with E-state index in [0.717, 1.165) is 31.9 Å². The van der Waals surface area contributed by atoms with Gasteiger partial charge in [0.1, 0.15) is 11.6 Å². The van der Waals surface area contributed by atoms with Gasteiger partial charge in [0.15, 0.2) is 0 Å². The number of pyridine rings is 1. The van der Waals surface area contributed by atoms with Crippen LogP contribution >= 0.6 is 0 Å². The van der Waals surface area contributed by atoms with Crippen LogP contribution < -0.4 is 9.80 Å². The van der Waals surface area contributed by atoms with Crippen molar-refractivity contribution in [2.24, 2.45) is 0 Å². The number of benzene rings is 2. The van der Waals surface area contributed by atoms with Gasteiger partial charge in [-0.05, 0) is 79.7 Å². The minimum atomic E-state index is -0.854. The largest absolute Gasteiger partial charge is 0.507 e. The molecule has 3 heterocycles. The molecular weight excluding hydrogens is 459 g/mol. The number of hydrogen-bond acceptors (Lipinski definition) is 6. The molecule has 0 radical (unpaired) electrons. The number of amides is 1. The third-order valence-electron chi connectivity index (χ3n) is 6.89. The highest BCUT2D eigenvalue weighted by atomic mass is 19.1. The van der Waals surface area contributed by atoms with Crippen LogP contribution in [0.3, 0.4) is 0 Å². The Kier molecular flexibility index (Phi) is 6.28. The topological polar surface area (TPSA) is 77.0 Å². The second-order valence-electron chi connectivity index (χ2n) is 9.22. The van der Waals surface area contributed by atoms with Crippen molar-refractivity contribution in [1.29, 1.82) is 0 Å². The maximum atomic E-state index is 13.8. The number of carbonyl (C=O) groups excluding carboxylic acids is 2. The number of Topliss-reactive ketones (excluding diaryl/α,β-unsaturated/α-hetero) is 1. The minimum Gasteiger partial charge on any atom is -0.507 e. The molecule has 1 amide bonds. The van der Waals surface area contributed by atoms with Crippen LogP contribution in [0, 0.1) is 12.7 Å². The number of aliphatic hydroxyl groups excluding tert-OH is 1. The van der Waals surface area contributed by atoms with Crippen LogP contribution in [0.5, 0.6) is 0 Å². The highest BCUT2D eigenvalue weighted by Gasteiger charge is 2.47. The molecule has 7 nitrogen and oxygen atoms in total. The number of aryl methyl sites for hydroxylation is 1. The van der Waals surface area contributed by atoms with Gasteiger partial charge in [-0.1, -0.05) is 0 Å². The van der Waals surface area contributed by atoms with Crippen molar-refractivity contribution >= 4 is 28.8 Å². The Morgan fingerprint density at radius 2 is 1.58 bits per heavy atom. The molecule has 2 aromatic carbocycles. The molecule has 2 saturated heterocycles. The van der Waals surface area contributed by atoms with Gasteiger partial charge in [0.05, 0.1) is 11.6 Å². The van der Waals surface area contributed by atoms with E-state index < -0.39 is 23.5 Å². The number of halogens is 1. The Balaban J connectivity index is 1.57. The molecule has 36 heavy (non-hydrogen) atoms. The molecule has 184 valence electrons. The monoisotopic (exact) mass is 486 g/mol. The summed E-state index contributed by atoms with van der Waals surface area (Å²) < 4.78 is 13.8. The predicted molar refractivity (Wildman–Crippen MR) is 136 cm³/mol. The lowest BCUT2D eigenvalue weighted by molar-refractivity contribution is -0.132. The molecule has 1 aromatic heterocycles. The molecular formula is C28H27FN4O3. The average molecular weight is 487 g/mol. The van der Waals surface area contributed by atoms with Gasteiger partial charge < -0.3 is 14.9 Å². The molecule has 2 aliphatic heterocycles. The second-order valence-corrected chi connectivity index (χ2v) is 9.22. The highest BCUT2D eigenvalue weighted by molar-refractivity contribution is 6.51. The number of hydrogen-bond donors (Lipinski definition) is 1. The van der Waals surface area contributed by atoms with Crippen LogP contribution in [0.1, 0.15) is 22.7 Å².